The van der Waals surface area contributed by atoms with Gasteiger partial charge in [-0.1, -0.05) is 40.3 Å². The predicted octanol–water partition coefficient (Wildman–Crippen LogP) is 4.84. The summed E-state index contributed by atoms with van der Waals surface area (Å²) in [5.41, 5.74) is 5.71. The van der Waals surface area contributed by atoms with Gasteiger partial charge in [0.05, 0.1) is 40.8 Å². The van der Waals surface area contributed by atoms with Crippen molar-refractivity contribution in [2.45, 2.75) is 102 Å². The largest absolute Gasteiger partial charge is 0.464 e. The molecule has 3 aliphatic heterocycles. The average Bonchev–Trinajstić information content (AvgIpc) is 3.86. The van der Waals surface area contributed by atoms with E-state index in [2.05, 4.69) is 22.3 Å². The Labute approximate surface area is 407 Å². The van der Waals surface area contributed by atoms with Crippen LogP contribution >= 0.6 is 11.3 Å². The van der Waals surface area contributed by atoms with Gasteiger partial charge in [-0.2, -0.15) is 13.2 Å². The highest BCUT2D eigenvalue weighted by Crippen LogP contribution is 2.43. The second-order valence-electron chi connectivity index (χ2n) is 19.7. The van der Waals surface area contributed by atoms with Crippen molar-refractivity contribution in [1.82, 2.24) is 45.0 Å². The van der Waals surface area contributed by atoms with Gasteiger partial charge in [-0.15, -0.1) is 11.3 Å². The number of esters is 1. The number of aromatic nitrogens is 3. The lowest BCUT2D eigenvalue weighted by molar-refractivity contribution is -0.158. The molecule has 0 spiro atoms. The van der Waals surface area contributed by atoms with Crippen molar-refractivity contribution in [2.75, 3.05) is 47.4 Å². The molecular weight excluding hydrogens is 932 g/mol. The SMILES string of the molecule is C=CC(=O)N1CC(N(C)C(=O)N(C)[C@H](C(=O)N[C@H]2Cc3nc(cs3)-c3ccc4c(c3)c(c(-c3cccnc3[C@H](C)OC)n4CC(F)(F)F)CC(C)(C)COC(=O)[C@@]3([SiH3])CCCN(N3)C2=O)C(C)C)C1. The fourth-order valence-corrected chi connectivity index (χ4v) is 11.2. The van der Waals surface area contributed by atoms with E-state index in [1.165, 1.54) is 50.9 Å². The first-order chi connectivity index (χ1) is 32.5. The molecule has 0 radical (unpaired) electrons. The van der Waals surface area contributed by atoms with Crippen molar-refractivity contribution in [3.05, 3.63) is 70.8 Å². The number of likely N-dealkylation sites (N-methyl/N-ethyl adjacent to an activating group) is 2. The molecule has 0 unspecified atom stereocenters. The molecule has 69 heavy (non-hydrogen) atoms. The van der Waals surface area contributed by atoms with E-state index in [1.807, 2.05) is 25.3 Å². The number of carbonyl (C=O) groups is 5. The number of thiazole rings is 1. The van der Waals surface area contributed by atoms with Gasteiger partial charge in [0, 0.05) is 96.5 Å². The maximum atomic E-state index is 14.7. The number of rotatable bonds is 10. The quantitative estimate of drug-likeness (QED) is 0.127. The Morgan fingerprint density at radius 3 is 2.55 bits per heavy atom. The average molecular weight is 994 g/mol. The summed E-state index contributed by atoms with van der Waals surface area (Å²) in [7, 11) is 4.89. The van der Waals surface area contributed by atoms with Crippen LogP contribution in [0.2, 0.25) is 0 Å². The lowest BCUT2D eigenvalue weighted by Crippen LogP contribution is -2.68. The molecule has 4 atom stereocenters. The maximum absolute atomic E-state index is 14.7. The fraction of sp³-hybridized carbons (Fsp3) is 0.521. The van der Waals surface area contributed by atoms with E-state index in [0.29, 0.717) is 75.6 Å². The molecule has 4 aromatic rings. The van der Waals surface area contributed by atoms with Crippen LogP contribution in [-0.2, 0) is 48.0 Å². The van der Waals surface area contributed by atoms with Gasteiger partial charge >= 0.3 is 18.2 Å². The van der Waals surface area contributed by atoms with Gasteiger partial charge in [-0.3, -0.25) is 29.2 Å². The normalized spacial score (nSPS) is 21.0. The van der Waals surface area contributed by atoms with E-state index < -0.39 is 71.2 Å². The van der Waals surface area contributed by atoms with Gasteiger partial charge < -0.3 is 34.1 Å². The number of cyclic esters (lactones) is 1. The highest BCUT2D eigenvalue weighted by molar-refractivity contribution is 7.10. The monoisotopic (exact) mass is 993 g/mol. The summed E-state index contributed by atoms with van der Waals surface area (Å²) in [5.74, 6) is -2.28. The number of urea groups is 1. The number of ether oxygens (including phenoxy) is 2. The number of methoxy groups -OCH3 is 1. The number of halogens is 3. The number of carbonyl (C=O) groups excluding carboxylic acids is 5. The Kier molecular flexibility index (Phi) is 14.8. The number of benzene rings is 1. The summed E-state index contributed by atoms with van der Waals surface area (Å²) < 4.78 is 57.1. The van der Waals surface area contributed by atoms with Crippen LogP contribution in [-0.4, -0.2) is 151 Å². The van der Waals surface area contributed by atoms with Crippen LogP contribution in [0.3, 0.4) is 0 Å². The first-order valence-electron chi connectivity index (χ1n) is 23.1. The molecule has 3 aliphatic rings. The number of hydrazine groups is 1. The third kappa shape index (κ3) is 10.8. The summed E-state index contributed by atoms with van der Waals surface area (Å²) in [6.45, 7) is 12.2. The first-order valence-corrected chi connectivity index (χ1v) is 25.0. The van der Waals surface area contributed by atoms with Crippen molar-refractivity contribution < 1.29 is 46.6 Å². The minimum atomic E-state index is -4.60. The van der Waals surface area contributed by atoms with Crippen molar-refractivity contribution in [2.24, 2.45) is 11.3 Å². The molecule has 2 fully saturated rings. The Morgan fingerprint density at radius 2 is 1.88 bits per heavy atom. The van der Waals surface area contributed by atoms with Gasteiger partial charge in [0.2, 0.25) is 11.8 Å². The molecule has 372 valence electrons. The summed E-state index contributed by atoms with van der Waals surface area (Å²) in [6, 6.07) is 5.71. The molecule has 1 aromatic carbocycles. The third-order valence-electron chi connectivity index (χ3n) is 13.4. The maximum Gasteiger partial charge on any atom is 0.406 e. The fourth-order valence-electron chi connectivity index (χ4n) is 9.55. The van der Waals surface area contributed by atoms with Gasteiger partial charge in [-0.25, -0.2) is 15.2 Å². The second-order valence-corrected chi connectivity index (χ2v) is 22.4. The van der Waals surface area contributed by atoms with Crippen molar-refractivity contribution in [3.8, 4) is 22.5 Å². The van der Waals surface area contributed by atoms with E-state index in [0.717, 1.165) is 0 Å². The Morgan fingerprint density at radius 1 is 1.16 bits per heavy atom. The van der Waals surface area contributed by atoms with Crippen LogP contribution in [0, 0.1) is 11.3 Å². The smallest absolute Gasteiger partial charge is 0.406 e. The Balaban J connectivity index is 1.30. The van der Waals surface area contributed by atoms with E-state index in [-0.39, 0.29) is 48.2 Å². The van der Waals surface area contributed by atoms with Crippen molar-refractivity contribution in [3.63, 3.8) is 0 Å². The van der Waals surface area contributed by atoms with Crippen molar-refractivity contribution in [1.29, 1.82) is 0 Å². The van der Waals surface area contributed by atoms with Crippen LogP contribution in [0.1, 0.15) is 69.8 Å². The zero-order chi connectivity index (χ0) is 50.3. The molecule has 7 rings (SSSR count). The Bertz CT molecular complexity index is 2630. The molecule has 21 heteroatoms. The first kappa shape index (κ1) is 51.2. The van der Waals surface area contributed by atoms with Gasteiger partial charge in [-0.05, 0) is 68.0 Å². The van der Waals surface area contributed by atoms with E-state index >= 15 is 0 Å². The minimum Gasteiger partial charge on any atom is -0.464 e. The summed E-state index contributed by atoms with van der Waals surface area (Å²) >= 11 is 1.26. The third-order valence-corrected chi connectivity index (χ3v) is 15.4. The van der Waals surface area contributed by atoms with Crippen molar-refractivity contribution >= 4 is 62.2 Å². The number of hydrogen-bond donors (Lipinski definition) is 2. The van der Waals surface area contributed by atoms with E-state index in [9.17, 15) is 37.1 Å². The standard InChI is InChI=1S/C48H62F3N9O7SSi/c1-10-38(61)58-22-30(23-58)56(7)45(65)57(8)40(27(2)3)42(62)54-34-20-37-53-35(24-68-37)29-14-15-36-32(19-29)33(21-46(5,6)26-67-44(64)47(69)16-12-18-60(55-47)43(34)63)41(59(36)25-48(49,50)51)31-13-11-17-52-39(31)28(4)66-9/h10-11,13-15,17,19,24,27-28,30,34,40,55H,1,12,16,18,20-23,25-26H2,2-9,69H3,(H,54,62)/t28-,34-,40-,47-/m0/s1. The van der Waals surface area contributed by atoms with Crippen LogP contribution in [0.5, 0.6) is 0 Å². The lowest BCUT2D eigenvalue weighted by atomic mass is 9.84. The van der Waals surface area contributed by atoms with Gasteiger partial charge in [0.25, 0.3) is 5.91 Å². The molecule has 6 heterocycles. The number of hydrogen-bond acceptors (Lipinski definition) is 11. The molecule has 16 nitrogen and oxygen atoms in total. The number of nitrogens with zero attached hydrogens (tertiary/aromatic N) is 7. The highest BCUT2D eigenvalue weighted by atomic mass is 32.1. The summed E-state index contributed by atoms with van der Waals surface area (Å²) in [4.78, 5) is 83.4. The molecular formula is C48H62F3N9O7SSi. The van der Waals surface area contributed by atoms with Crippen LogP contribution in [0.4, 0.5) is 18.0 Å². The zero-order valence-corrected chi connectivity index (χ0v) is 43.4. The highest BCUT2D eigenvalue weighted by Gasteiger charge is 2.44. The summed E-state index contributed by atoms with van der Waals surface area (Å²) in [5, 5.41) is 5.94. The van der Waals surface area contributed by atoms with Crippen LogP contribution < -0.4 is 10.7 Å². The number of amides is 5. The molecule has 6 bridgehead atoms. The van der Waals surface area contributed by atoms with Gasteiger partial charge in [0.1, 0.15) is 23.8 Å². The molecule has 2 saturated heterocycles. The summed E-state index contributed by atoms with van der Waals surface area (Å²) in [6.07, 6.45) is -1.38. The van der Waals surface area contributed by atoms with Crippen LogP contribution in [0.25, 0.3) is 33.4 Å². The van der Waals surface area contributed by atoms with E-state index in [4.69, 9.17) is 14.5 Å². The minimum absolute atomic E-state index is 0.0567. The number of pyridine rings is 1. The molecule has 3 aromatic heterocycles. The zero-order valence-electron chi connectivity index (χ0n) is 40.6. The second kappa shape index (κ2) is 20.0. The number of nitrogens with one attached hydrogen (secondary N) is 2. The number of fused-ring (bicyclic) bond motifs is 6. The van der Waals surface area contributed by atoms with Gasteiger partial charge in [0.15, 0.2) is 0 Å². The van der Waals surface area contributed by atoms with E-state index in [1.54, 1.807) is 63.2 Å². The topological polar surface area (TPSA) is 172 Å². The number of alkyl halides is 3. The molecule has 0 aliphatic carbocycles. The lowest BCUT2D eigenvalue weighted by Gasteiger charge is -2.45. The molecule has 5 amide bonds. The molecule has 0 saturated carbocycles. The number of likely N-dealkylation sites (tertiary alicyclic amines) is 1. The van der Waals surface area contributed by atoms with Crippen LogP contribution in [0.15, 0.2) is 54.6 Å². The Hall–Kier alpha value is -5.64. The predicted molar refractivity (Wildman–Crippen MR) is 259 cm³/mol. The molecule has 2 N–H and O–H groups in total.